The molecule has 1 aliphatic rings. The fraction of sp³-hybridized carbons (Fsp3) is 0.421. The van der Waals surface area contributed by atoms with Gasteiger partial charge in [0, 0.05) is 31.6 Å². The Morgan fingerprint density at radius 1 is 1.07 bits per heavy atom. The zero-order valence-corrected chi connectivity index (χ0v) is 16.5. The number of carbonyl (C=O) groups excluding carboxylic acids is 3. The van der Waals surface area contributed by atoms with E-state index < -0.39 is 54.6 Å². The topological polar surface area (TPSA) is 151 Å². The van der Waals surface area contributed by atoms with Crippen LogP contribution in [-0.4, -0.2) is 83.7 Å². The minimum Gasteiger partial charge on any atom is -0.497 e. The van der Waals surface area contributed by atoms with Crippen molar-refractivity contribution in [2.45, 2.75) is 12.8 Å². The van der Waals surface area contributed by atoms with Crippen molar-refractivity contribution < 1.29 is 43.7 Å². The van der Waals surface area contributed by atoms with E-state index >= 15 is 0 Å². The molecule has 1 saturated heterocycles. The molecule has 11 heteroatoms. The number of benzene rings is 1. The molecule has 1 aromatic rings. The predicted molar refractivity (Wildman–Crippen MR) is 100.0 cm³/mol. The van der Waals surface area contributed by atoms with E-state index in [1.165, 1.54) is 31.4 Å². The third-order valence-corrected chi connectivity index (χ3v) is 4.95. The third kappa shape index (κ3) is 4.50. The van der Waals surface area contributed by atoms with E-state index in [1.807, 2.05) is 0 Å². The SMILES string of the molecule is COC(=O)CCC1(C(=O)O)CN(C(=O)O)CCN(C(=O)c2ccc(OC)cc2)C1=O. The second kappa shape index (κ2) is 9.25. The quantitative estimate of drug-likeness (QED) is 0.383. The predicted octanol–water partition coefficient (Wildman–Crippen LogP) is 0.682. The molecule has 1 fully saturated rings. The summed E-state index contributed by atoms with van der Waals surface area (Å²) < 4.78 is 9.53. The van der Waals surface area contributed by atoms with Gasteiger partial charge in [0.25, 0.3) is 5.91 Å². The first-order valence-electron chi connectivity index (χ1n) is 8.94. The van der Waals surface area contributed by atoms with E-state index in [2.05, 4.69) is 4.74 Å². The highest BCUT2D eigenvalue weighted by Gasteiger charge is 2.53. The average molecular weight is 422 g/mol. The van der Waals surface area contributed by atoms with Gasteiger partial charge in [-0.15, -0.1) is 0 Å². The molecule has 1 atom stereocenters. The van der Waals surface area contributed by atoms with Gasteiger partial charge in [0.2, 0.25) is 5.91 Å². The molecule has 0 aliphatic carbocycles. The van der Waals surface area contributed by atoms with E-state index in [0.29, 0.717) is 5.75 Å². The van der Waals surface area contributed by atoms with Crippen LogP contribution in [0.4, 0.5) is 4.79 Å². The summed E-state index contributed by atoms with van der Waals surface area (Å²) >= 11 is 0. The smallest absolute Gasteiger partial charge is 0.407 e. The first kappa shape index (κ1) is 22.7. The fourth-order valence-corrected chi connectivity index (χ4v) is 3.17. The second-order valence-corrected chi connectivity index (χ2v) is 6.66. The van der Waals surface area contributed by atoms with Gasteiger partial charge in [0.05, 0.1) is 14.2 Å². The summed E-state index contributed by atoms with van der Waals surface area (Å²) in [5, 5.41) is 19.3. The van der Waals surface area contributed by atoms with Crippen LogP contribution in [-0.2, 0) is 19.1 Å². The van der Waals surface area contributed by atoms with Crippen LogP contribution in [0, 0.1) is 5.41 Å². The number of hydrogen-bond acceptors (Lipinski definition) is 7. The van der Waals surface area contributed by atoms with Gasteiger partial charge in [0.15, 0.2) is 5.41 Å². The van der Waals surface area contributed by atoms with Gasteiger partial charge in [0.1, 0.15) is 5.75 Å². The molecule has 1 aliphatic heterocycles. The Morgan fingerprint density at radius 2 is 1.70 bits per heavy atom. The van der Waals surface area contributed by atoms with Crippen LogP contribution < -0.4 is 4.74 Å². The highest BCUT2D eigenvalue weighted by molar-refractivity contribution is 6.12. The van der Waals surface area contributed by atoms with E-state index in [4.69, 9.17) is 4.74 Å². The molecule has 162 valence electrons. The van der Waals surface area contributed by atoms with Crippen LogP contribution in [0.5, 0.6) is 5.75 Å². The van der Waals surface area contributed by atoms with Crippen molar-refractivity contribution in [3.8, 4) is 5.75 Å². The van der Waals surface area contributed by atoms with Crippen molar-refractivity contribution in [1.82, 2.24) is 9.80 Å². The van der Waals surface area contributed by atoms with Gasteiger partial charge in [-0.2, -0.15) is 0 Å². The summed E-state index contributed by atoms with van der Waals surface area (Å²) in [6, 6.07) is 5.82. The highest BCUT2D eigenvalue weighted by Crippen LogP contribution is 2.32. The van der Waals surface area contributed by atoms with Crippen molar-refractivity contribution in [2.24, 2.45) is 5.41 Å². The van der Waals surface area contributed by atoms with Crippen LogP contribution in [0.2, 0.25) is 0 Å². The number of methoxy groups -OCH3 is 2. The van der Waals surface area contributed by atoms with Crippen molar-refractivity contribution >= 4 is 29.8 Å². The molecule has 30 heavy (non-hydrogen) atoms. The Balaban J connectivity index is 2.46. The molecular weight excluding hydrogens is 400 g/mol. The monoisotopic (exact) mass is 422 g/mol. The summed E-state index contributed by atoms with van der Waals surface area (Å²) in [6.07, 6.45) is -2.40. The number of carboxylic acids is 1. The summed E-state index contributed by atoms with van der Waals surface area (Å²) in [7, 11) is 2.55. The van der Waals surface area contributed by atoms with E-state index in [9.17, 15) is 34.2 Å². The molecule has 0 spiro atoms. The number of rotatable bonds is 6. The molecule has 11 nitrogen and oxygen atoms in total. The Hall–Kier alpha value is -3.63. The summed E-state index contributed by atoms with van der Waals surface area (Å²) in [6.45, 7) is -1.29. The Labute approximate surface area is 171 Å². The number of amides is 3. The first-order chi connectivity index (χ1) is 14.2. The van der Waals surface area contributed by atoms with Crippen molar-refractivity contribution in [1.29, 1.82) is 0 Å². The van der Waals surface area contributed by atoms with E-state index in [1.54, 1.807) is 0 Å². The van der Waals surface area contributed by atoms with E-state index in [-0.39, 0.29) is 18.7 Å². The molecule has 0 bridgehead atoms. The maximum Gasteiger partial charge on any atom is 0.407 e. The largest absolute Gasteiger partial charge is 0.497 e. The summed E-state index contributed by atoms with van der Waals surface area (Å²) in [5.74, 6) is -3.77. The minimum atomic E-state index is -2.31. The molecule has 2 N–H and O–H groups in total. The summed E-state index contributed by atoms with van der Waals surface area (Å²) in [5.41, 5.74) is -2.22. The van der Waals surface area contributed by atoms with Crippen LogP contribution >= 0.6 is 0 Å². The number of aliphatic carboxylic acids is 1. The van der Waals surface area contributed by atoms with Gasteiger partial charge in [-0.3, -0.25) is 24.1 Å². The lowest BCUT2D eigenvalue weighted by atomic mass is 9.81. The Bertz CT molecular complexity index is 852. The van der Waals surface area contributed by atoms with Gasteiger partial charge in [-0.1, -0.05) is 0 Å². The van der Waals surface area contributed by atoms with E-state index in [0.717, 1.165) is 16.9 Å². The van der Waals surface area contributed by atoms with Crippen LogP contribution in [0.3, 0.4) is 0 Å². The normalized spacial score (nSPS) is 19.1. The lowest BCUT2D eigenvalue weighted by Crippen LogP contribution is -2.53. The first-order valence-corrected chi connectivity index (χ1v) is 8.94. The maximum atomic E-state index is 13.2. The molecule has 1 unspecified atom stereocenters. The van der Waals surface area contributed by atoms with Gasteiger partial charge < -0.3 is 24.6 Å². The molecule has 1 heterocycles. The van der Waals surface area contributed by atoms with Crippen LogP contribution in [0.25, 0.3) is 0 Å². The molecule has 3 amide bonds. The zero-order valence-electron chi connectivity index (χ0n) is 16.5. The standard InChI is InChI=1S/C19H22N2O9/c1-29-13-5-3-12(4-6-13)15(23)21-10-9-20(18(27)28)11-19(16(21)24,17(25)26)8-7-14(22)30-2/h3-6H,7-11H2,1-2H3,(H,25,26)(H,27,28). The van der Waals surface area contributed by atoms with Gasteiger partial charge >= 0.3 is 18.0 Å². The fourth-order valence-electron chi connectivity index (χ4n) is 3.17. The van der Waals surface area contributed by atoms with Gasteiger partial charge in [-0.25, -0.2) is 4.79 Å². The number of esters is 1. The molecule has 0 saturated carbocycles. The lowest BCUT2D eigenvalue weighted by Gasteiger charge is -2.31. The Kier molecular flexibility index (Phi) is 6.98. The minimum absolute atomic E-state index is 0.0974. The lowest BCUT2D eigenvalue weighted by molar-refractivity contribution is -0.160. The maximum absolute atomic E-state index is 13.2. The zero-order chi connectivity index (χ0) is 22.5. The second-order valence-electron chi connectivity index (χ2n) is 6.66. The number of ether oxygens (including phenoxy) is 2. The number of hydrogen-bond donors (Lipinski definition) is 2. The number of nitrogens with zero attached hydrogens (tertiary/aromatic N) is 2. The average Bonchev–Trinajstić information content (AvgIpc) is 2.89. The highest BCUT2D eigenvalue weighted by atomic mass is 16.5. The van der Waals surface area contributed by atoms with Crippen LogP contribution in [0.15, 0.2) is 24.3 Å². The Morgan fingerprint density at radius 3 is 2.20 bits per heavy atom. The number of imide groups is 1. The molecule has 0 aromatic heterocycles. The molecule has 1 aromatic carbocycles. The van der Waals surface area contributed by atoms with Crippen molar-refractivity contribution in [3.05, 3.63) is 29.8 Å². The number of carbonyl (C=O) groups is 5. The molecule has 0 radical (unpaired) electrons. The van der Waals surface area contributed by atoms with Crippen molar-refractivity contribution in [2.75, 3.05) is 33.9 Å². The summed E-state index contributed by atoms with van der Waals surface area (Å²) in [4.78, 5) is 62.9. The molecule has 2 rings (SSSR count). The van der Waals surface area contributed by atoms with Crippen LogP contribution in [0.1, 0.15) is 23.2 Å². The van der Waals surface area contributed by atoms with Crippen molar-refractivity contribution in [3.63, 3.8) is 0 Å². The van der Waals surface area contributed by atoms with Gasteiger partial charge in [-0.05, 0) is 30.7 Å². The molecular formula is C19H22N2O9. The third-order valence-electron chi connectivity index (χ3n) is 4.95. The number of carboxylic acid groups (broad SMARTS) is 2.